The third-order valence-electron chi connectivity index (χ3n) is 6.06. The van der Waals surface area contributed by atoms with Gasteiger partial charge in [0.1, 0.15) is 17.1 Å². The molecule has 0 radical (unpaired) electrons. The summed E-state index contributed by atoms with van der Waals surface area (Å²) in [5, 5.41) is 0.768. The zero-order chi connectivity index (χ0) is 24.3. The van der Waals surface area contributed by atoms with Crippen molar-refractivity contribution in [3.63, 3.8) is 0 Å². The Morgan fingerprint density at radius 3 is 2.77 bits per heavy atom. The number of aryl methyl sites for hydroxylation is 1. The molecular formula is C27H19FN2O4S. The Morgan fingerprint density at radius 1 is 1.11 bits per heavy atom. The van der Waals surface area contributed by atoms with Crippen LogP contribution in [0, 0.1) is 12.7 Å². The number of aromatic nitrogens is 1. The first-order valence-electron chi connectivity index (χ1n) is 11.1. The SMILES string of the molecule is CCOc1ccc2nc(N3C(=O)c4oc5ccc(C)cc5c(=O)c4C3c3cccc(F)c3)sc2c1. The number of carbonyl (C=O) groups excluding carboxylic acids is 1. The molecular weight excluding hydrogens is 467 g/mol. The third kappa shape index (κ3) is 3.40. The molecule has 1 aliphatic heterocycles. The van der Waals surface area contributed by atoms with Crippen molar-refractivity contribution >= 4 is 43.6 Å². The van der Waals surface area contributed by atoms with Crippen molar-refractivity contribution in [3.05, 3.63) is 99.2 Å². The summed E-state index contributed by atoms with van der Waals surface area (Å²) in [5.41, 5.74) is 2.26. The van der Waals surface area contributed by atoms with Crippen LogP contribution in [0.15, 0.2) is 69.9 Å². The lowest BCUT2D eigenvalue weighted by molar-refractivity contribution is 0.0971. The summed E-state index contributed by atoms with van der Waals surface area (Å²) >= 11 is 1.30. The molecule has 6 nitrogen and oxygen atoms in total. The molecule has 1 amide bonds. The van der Waals surface area contributed by atoms with E-state index in [1.807, 2.05) is 38.1 Å². The Bertz CT molecular complexity index is 1710. The van der Waals surface area contributed by atoms with Gasteiger partial charge in [-0.05, 0) is 61.9 Å². The second-order valence-corrected chi connectivity index (χ2v) is 9.37. The van der Waals surface area contributed by atoms with E-state index in [4.69, 9.17) is 9.15 Å². The molecule has 0 spiro atoms. The monoisotopic (exact) mass is 486 g/mol. The second kappa shape index (κ2) is 8.02. The average Bonchev–Trinajstić information content (AvgIpc) is 3.38. The van der Waals surface area contributed by atoms with Gasteiger partial charge in [-0.25, -0.2) is 9.37 Å². The highest BCUT2D eigenvalue weighted by Gasteiger charge is 2.45. The van der Waals surface area contributed by atoms with E-state index in [-0.39, 0.29) is 16.8 Å². The summed E-state index contributed by atoms with van der Waals surface area (Å²) in [6.45, 7) is 4.31. The van der Waals surface area contributed by atoms with Gasteiger partial charge in [-0.1, -0.05) is 35.1 Å². The van der Waals surface area contributed by atoms with E-state index in [2.05, 4.69) is 4.98 Å². The maximum atomic E-state index is 14.3. The molecule has 35 heavy (non-hydrogen) atoms. The topological polar surface area (TPSA) is 72.6 Å². The Hall–Kier alpha value is -4.04. The van der Waals surface area contributed by atoms with Gasteiger partial charge >= 0.3 is 0 Å². The van der Waals surface area contributed by atoms with Crippen molar-refractivity contribution < 1.29 is 18.3 Å². The Labute approximate surface area is 203 Å². The third-order valence-corrected chi connectivity index (χ3v) is 7.07. The molecule has 0 N–H and O–H groups in total. The van der Waals surface area contributed by atoms with Crippen LogP contribution in [0.5, 0.6) is 5.75 Å². The normalized spacial score (nSPS) is 15.2. The molecule has 3 aromatic carbocycles. The number of benzene rings is 3. The Balaban J connectivity index is 1.60. The van der Waals surface area contributed by atoms with Crippen LogP contribution in [-0.4, -0.2) is 17.5 Å². The van der Waals surface area contributed by atoms with Crippen LogP contribution in [0.2, 0.25) is 0 Å². The molecule has 2 aromatic heterocycles. The van der Waals surface area contributed by atoms with E-state index in [1.165, 1.54) is 28.4 Å². The summed E-state index contributed by atoms with van der Waals surface area (Å²) in [6.07, 6.45) is 0. The van der Waals surface area contributed by atoms with E-state index >= 15 is 0 Å². The van der Waals surface area contributed by atoms with Crippen LogP contribution < -0.4 is 15.1 Å². The van der Waals surface area contributed by atoms with Crippen LogP contribution in [0.1, 0.15) is 40.2 Å². The molecule has 1 unspecified atom stereocenters. The van der Waals surface area contributed by atoms with E-state index in [0.717, 1.165) is 10.3 Å². The molecule has 6 rings (SSSR count). The molecule has 1 atom stereocenters. The van der Waals surface area contributed by atoms with Crippen LogP contribution in [0.3, 0.4) is 0 Å². The number of amides is 1. The number of anilines is 1. The largest absolute Gasteiger partial charge is 0.494 e. The number of halogens is 1. The summed E-state index contributed by atoms with van der Waals surface area (Å²) in [4.78, 5) is 33.5. The number of carbonyl (C=O) groups is 1. The first kappa shape index (κ1) is 21.5. The Kier molecular flexibility index (Phi) is 4.93. The van der Waals surface area contributed by atoms with Gasteiger partial charge in [0.05, 0.1) is 33.8 Å². The lowest BCUT2D eigenvalue weighted by atomic mass is 9.98. The van der Waals surface area contributed by atoms with Crippen molar-refractivity contribution in [2.24, 2.45) is 0 Å². The predicted octanol–water partition coefficient (Wildman–Crippen LogP) is 6.00. The fourth-order valence-corrected chi connectivity index (χ4v) is 5.55. The van der Waals surface area contributed by atoms with E-state index in [1.54, 1.807) is 24.3 Å². The number of hydrogen-bond donors (Lipinski definition) is 0. The highest BCUT2D eigenvalue weighted by Crippen LogP contribution is 2.44. The van der Waals surface area contributed by atoms with E-state index in [9.17, 15) is 14.0 Å². The molecule has 8 heteroatoms. The van der Waals surface area contributed by atoms with Gasteiger partial charge in [-0.15, -0.1) is 0 Å². The predicted molar refractivity (Wildman–Crippen MR) is 133 cm³/mol. The fourth-order valence-electron chi connectivity index (χ4n) is 4.53. The van der Waals surface area contributed by atoms with Gasteiger partial charge in [0.2, 0.25) is 5.76 Å². The molecule has 5 aromatic rings. The fraction of sp³-hybridized carbons (Fsp3) is 0.148. The minimum atomic E-state index is -0.874. The summed E-state index contributed by atoms with van der Waals surface area (Å²) in [6, 6.07) is 15.8. The summed E-state index contributed by atoms with van der Waals surface area (Å²) in [7, 11) is 0. The van der Waals surface area contributed by atoms with Crippen molar-refractivity contribution in [3.8, 4) is 5.75 Å². The Morgan fingerprint density at radius 2 is 1.97 bits per heavy atom. The maximum absolute atomic E-state index is 14.3. The molecule has 0 aliphatic carbocycles. The van der Waals surface area contributed by atoms with Crippen LogP contribution in [-0.2, 0) is 0 Å². The van der Waals surface area contributed by atoms with Gasteiger partial charge in [0, 0.05) is 0 Å². The molecule has 0 saturated heterocycles. The highest BCUT2D eigenvalue weighted by molar-refractivity contribution is 7.22. The lowest BCUT2D eigenvalue weighted by Gasteiger charge is -2.22. The second-order valence-electron chi connectivity index (χ2n) is 8.37. The minimum absolute atomic E-state index is 0.0464. The maximum Gasteiger partial charge on any atom is 0.297 e. The number of ether oxygens (including phenoxy) is 1. The summed E-state index contributed by atoms with van der Waals surface area (Å²) < 4.78 is 26.7. The first-order chi connectivity index (χ1) is 16.9. The zero-order valence-electron chi connectivity index (χ0n) is 18.9. The standard InChI is InChI=1S/C27H19FN2O4S/c1-3-33-17-8-9-19-21(13-17)35-27(29-19)30-23(15-5-4-6-16(28)12-15)22-24(31)18-11-14(2)7-10-20(18)34-25(22)26(30)32/h4-13,23H,3H2,1-2H3. The molecule has 174 valence electrons. The van der Waals surface area contributed by atoms with Crippen molar-refractivity contribution in [1.29, 1.82) is 0 Å². The van der Waals surface area contributed by atoms with Gasteiger partial charge in [0.15, 0.2) is 10.6 Å². The minimum Gasteiger partial charge on any atom is -0.494 e. The van der Waals surface area contributed by atoms with Gasteiger partial charge in [0.25, 0.3) is 5.91 Å². The number of rotatable bonds is 4. The molecule has 0 fully saturated rings. The highest BCUT2D eigenvalue weighted by atomic mass is 32.1. The molecule has 0 saturated carbocycles. The van der Waals surface area contributed by atoms with Crippen LogP contribution >= 0.6 is 11.3 Å². The smallest absolute Gasteiger partial charge is 0.297 e. The number of hydrogen-bond acceptors (Lipinski definition) is 6. The van der Waals surface area contributed by atoms with Crippen molar-refractivity contribution in [2.75, 3.05) is 11.5 Å². The van der Waals surface area contributed by atoms with Gasteiger partial charge < -0.3 is 9.15 Å². The quantitative estimate of drug-likeness (QED) is 0.312. The van der Waals surface area contributed by atoms with E-state index < -0.39 is 17.8 Å². The molecule has 1 aliphatic rings. The first-order valence-corrected chi connectivity index (χ1v) is 12.0. The number of thiazole rings is 1. The lowest BCUT2D eigenvalue weighted by Crippen LogP contribution is -2.29. The zero-order valence-corrected chi connectivity index (χ0v) is 19.7. The van der Waals surface area contributed by atoms with Gasteiger partial charge in [-0.3, -0.25) is 14.5 Å². The number of fused-ring (bicyclic) bond motifs is 3. The van der Waals surface area contributed by atoms with Crippen LogP contribution in [0.4, 0.5) is 9.52 Å². The molecule has 0 bridgehead atoms. The van der Waals surface area contributed by atoms with Crippen molar-refractivity contribution in [1.82, 2.24) is 4.98 Å². The average molecular weight is 487 g/mol. The number of nitrogens with zero attached hydrogens (tertiary/aromatic N) is 2. The molecule has 3 heterocycles. The van der Waals surface area contributed by atoms with Crippen LogP contribution in [0.25, 0.3) is 21.2 Å². The van der Waals surface area contributed by atoms with Crippen molar-refractivity contribution in [2.45, 2.75) is 19.9 Å². The van der Waals surface area contributed by atoms with E-state index in [0.29, 0.717) is 39.5 Å². The summed E-state index contributed by atoms with van der Waals surface area (Å²) in [5.74, 6) is -0.297. The van der Waals surface area contributed by atoms with Gasteiger partial charge in [-0.2, -0.15) is 0 Å².